The average Bonchev–Trinajstić information content (AvgIpc) is 1.26. The molecule has 6 aliphatic heterocycles. The topological polar surface area (TPSA) is 483 Å². The highest BCUT2D eigenvalue weighted by Crippen LogP contribution is 2.47. The summed E-state index contributed by atoms with van der Waals surface area (Å²) in [7, 11) is -24.7. The predicted octanol–water partition coefficient (Wildman–Crippen LogP) is 0.990. The number of rotatable bonds is 20. The van der Waals surface area contributed by atoms with Crippen LogP contribution in [0.15, 0.2) is 12.2 Å². The van der Waals surface area contributed by atoms with Gasteiger partial charge in [0.1, 0.15) is 52.9 Å². The number of carbonyl (C=O) groups excluding carboxylic acids is 6. The lowest BCUT2D eigenvalue weighted by Crippen LogP contribution is -2.54. The minimum atomic E-state index is -6.57. The summed E-state index contributed by atoms with van der Waals surface area (Å²) in [4.78, 5) is 65.8. The summed E-state index contributed by atoms with van der Waals surface area (Å²) >= 11 is 0. The Labute approximate surface area is 561 Å². The van der Waals surface area contributed by atoms with E-state index in [-0.39, 0.29) is 19.8 Å². The minimum Gasteiger partial charge on any atom is -0.461 e. The zero-order valence-electron chi connectivity index (χ0n) is 48.8. The Hall–Kier alpha value is -5.94. The Morgan fingerprint density at radius 2 is 0.654 bits per heavy atom. The molecule has 0 radical (unpaired) electrons. The van der Waals surface area contributed by atoms with Gasteiger partial charge < -0.3 is 33.2 Å². The number of ether oxygens (including phenoxy) is 7. The van der Waals surface area contributed by atoms with Crippen molar-refractivity contribution in [1.29, 1.82) is 0 Å². The van der Waals surface area contributed by atoms with Gasteiger partial charge in [-0.2, -0.15) is 147 Å². The van der Waals surface area contributed by atoms with Crippen molar-refractivity contribution in [2.45, 2.75) is 97.5 Å². The monoisotopic (exact) mass is 1720 g/mol. The molecule has 6 aliphatic rings. The number of hydrogen-bond acceptors (Lipinski definition) is 37. The second-order valence-electron chi connectivity index (χ2n) is 17.7. The molecule has 0 aromatic carbocycles. The van der Waals surface area contributed by atoms with Gasteiger partial charge in [-0.1, -0.05) is 0 Å². The molecule has 67 heteroatoms. The van der Waals surface area contributed by atoms with E-state index in [1.807, 2.05) is 0 Å². The molecule has 6 fully saturated rings. The molecule has 37 nitrogen and oxygen atoms in total. The second-order valence-corrected chi connectivity index (χ2v) is 25.2. The van der Waals surface area contributed by atoms with Crippen LogP contribution in [0.3, 0.4) is 0 Å². The van der Waals surface area contributed by atoms with Gasteiger partial charge in [-0.25, -0.2) is 87.7 Å². The van der Waals surface area contributed by atoms with Gasteiger partial charge in [-0.05, 0) is 0 Å². The quantitative estimate of drug-likeness (QED) is 0.0710. The maximum Gasteiger partial charge on any atom is 0.460 e. The fourth-order valence-electron chi connectivity index (χ4n) is 5.02. The molecule has 104 heavy (non-hydrogen) atoms. The van der Waals surface area contributed by atoms with Gasteiger partial charge >= 0.3 is 153 Å². The van der Waals surface area contributed by atoms with E-state index < -0.39 is 261 Å². The lowest BCUT2D eigenvalue weighted by molar-refractivity contribution is -0.360. The van der Waals surface area contributed by atoms with E-state index in [0.29, 0.717) is 6.08 Å². The van der Waals surface area contributed by atoms with Gasteiger partial charge in [0, 0.05) is 13.2 Å². The molecule has 6 unspecified atom stereocenters. The van der Waals surface area contributed by atoms with E-state index >= 15 is 0 Å². The van der Waals surface area contributed by atoms with E-state index in [1.54, 1.807) is 0 Å². The Balaban J connectivity index is 0.000000627. The molecule has 6 saturated heterocycles. The molecule has 0 aliphatic carbocycles. The molecule has 6 rings (SSSR count). The molecule has 610 valence electrons. The van der Waals surface area contributed by atoms with E-state index in [2.05, 4.69) is 83.4 Å². The SMILES string of the molecule is COCCOC(=O)C1COS(=O)(=O)O1.O=C(OC(C(F)(F)F)C(F)(F)F)C1COS(=O)(=O)O1.O=C(OCC(F)(F)C(F)(F)C(F)(F)F)C1COS(=O)(=O)O1.O=C(OCC(F)(F)C(F)(F)F)C1COS(=O)(=O)O1.O=C(OCC(F)(F)C(F)F)C1COS(=O)(=O)O1.O=C(OCC=C(F)F)C1COS(=O)(=O)O1. The lowest BCUT2D eigenvalue weighted by atomic mass is 10.2. The summed E-state index contributed by atoms with van der Waals surface area (Å²) in [6.07, 6.45) is -44.8. The molecule has 0 bridgehead atoms. The van der Waals surface area contributed by atoms with Crippen LogP contribution in [0.1, 0.15) is 0 Å². The number of hydrogen-bond donors (Lipinski definition) is 0. The molecule has 0 N–H and O–H groups in total. The highest BCUT2D eigenvalue weighted by molar-refractivity contribution is 7.83. The number of methoxy groups -OCH3 is 1. The third kappa shape index (κ3) is 33.1. The van der Waals surface area contributed by atoms with Crippen molar-refractivity contribution in [2.75, 3.05) is 86.4 Å². The lowest BCUT2D eigenvalue weighted by Gasteiger charge is -2.27. The van der Waals surface area contributed by atoms with Gasteiger partial charge in [0.25, 0.3) is 12.2 Å². The summed E-state index contributed by atoms with van der Waals surface area (Å²) in [6.45, 7) is -11.6. The van der Waals surface area contributed by atoms with Crippen molar-refractivity contribution in [3.05, 3.63) is 12.2 Å². The first kappa shape index (κ1) is 96.1. The largest absolute Gasteiger partial charge is 0.461 e. The standard InChI is InChI=1S/C7H5F7O6S.C6H4F6O6S.C6H5F5O6S.C6H6F4O6S.C6H6F2O6S.C6H10O7S/c8-5(9,6(10,11)7(12,13)14)2-18-4(15)3-1-19-21(16,17)20-3;7-5(8,9)4(6(10,11)12)17-3(13)2-1-16-19(14,15)18-2;7-5(8,6(9,10)11)2-15-4(12)3-1-16-18(13,14)17-3;7-5(8)6(9,10)2-14-4(11)3-1-15-17(12,13)16-3;7-5(8)1-2-12-6(9)4-3-13-15(10,11)14-4;1-10-2-3-11-6(7)5-4-12-14(8,9)13-5/h3H,1-2H2;2,4H,1H2;3H,1-2H2;3,5H,1-2H2;1,4H,2-3H2;5H,2-4H2,1H3. The van der Waals surface area contributed by atoms with Crippen LogP contribution in [0.25, 0.3) is 0 Å². The van der Waals surface area contributed by atoms with Crippen LogP contribution in [0.4, 0.5) is 105 Å². The Morgan fingerprint density at radius 1 is 0.385 bits per heavy atom. The highest BCUT2D eigenvalue weighted by atomic mass is 32.3. The summed E-state index contributed by atoms with van der Waals surface area (Å²) in [5, 5.41) is 0. The number of carbonyl (C=O) groups is 6. The van der Waals surface area contributed by atoms with Crippen molar-refractivity contribution >= 4 is 98.2 Å². The third-order valence-electron chi connectivity index (χ3n) is 9.74. The molecular formula is C37H36F24O37S6. The number of alkyl halides is 22. The van der Waals surface area contributed by atoms with Gasteiger partial charge in [-0.15, -0.1) is 0 Å². The van der Waals surface area contributed by atoms with Crippen molar-refractivity contribution in [3.63, 3.8) is 0 Å². The molecular weight excluding hydrogens is 1680 g/mol. The van der Waals surface area contributed by atoms with Crippen molar-refractivity contribution in [2.24, 2.45) is 0 Å². The summed E-state index contributed by atoms with van der Waals surface area (Å²) in [5.74, 6) is -31.1. The normalized spacial score (nSPS) is 23.8. The predicted molar refractivity (Wildman–Crippen MR) is 255 cm³/mol. The number of esters is 6. The van der Waals surface area contributed by atoms with Gasteiger partial charge in [0.15, 0.2) is 19.8 Å². The van der Waals surface area contributed by atoms with Crippen LogP contribution >= 0.6 is 0 Å². The smallest absolute Gasteiger partial charge is 0.460 e. The van der Waals surface area contributed by atoms with Crippen LogP contribution in [0, 0.1) is 0 Å². The van der Waals surface area contributed by atoms with Crippen LogP contribution in [0.5, 0.6) is 0 Å². The average molecular weight is 1720 g/mol. The third-order valence-corrected chi connectivity index (χ3v) is 15.1. The van der Waals surface area contributed by atoms with E-state index in [0.717, 1.165) is 0 Å². The molecule has 6 heterocycles. The molecule has 0 aromatic rings. The number of halogens is 24. The van der Waals surface area contributed by atoms with Crippen LogP contribution in [0.2, 0.25) is 0 Å². The summed E-state index contributed by atoms with van der Waals surface area (Å²) in [5.41, 5.74) is 0. The molecule has 0 spiro atoms. The first-order valence-corrected chi connectivity index (χ1v) is 32.6. The Morgan fingerprint density at radius 3 is 0.894 bits per heavy atom. The first-order valence-electron chi connectivity index (χ1n) is 24.6. The van der Waals surface area contributed by atoms with Crippen molar-refractivity contribution < 1.29 is 268 Å². The second kappa shape index (κ2) is 37.2. The van der Waals surface area contributed by atoms with E-state index in [9.17, 15) is 185 Å². The van der Waals surface area contributed by atoms with Gasteiger partial charge in [-0.3, -0.25) is 0 Å². The Kier molecular flexibility index (Phi) is 34.4. The summed E-state index contributed by atoms with van der Waals surface area (Å²) in [6, 6.07) is 0. The molecule has 0 aromatic heterocycles. The van der Waals surface area contributed by atoms with Gasteiger partial charge in [0.2, 0.25) is 36.6 Å². The fourth-order valence-corrected chi connectivity index (χ4v) is 9.61. The summed E-state index contributed by atoms with van der Waals surface area (Å²) < 4.78 is 491. The van der Waals surface area contributed by atoms with Crippen LogP contribution in [-0.2, 0) is 175 Å². The highest BCUT2D eigenvalue weighted by Gasteiger charge is 2.73. The molecule has 0 amide bonds. The Bertz CT molecular complexity index is 3670. The fraction of sp³-hybridized carbons (Fsp3) is 0.784. The maximum atomic E-state index is 12.8. The van der Waals surface area contributed by atoms with E-state index in [1.165, 1.54) is 7.11 Å². The van der Waals surface area contributed by atoms with Crippen molar-refractivity contribution in [1.82, 2.24) is 0 Å². The zero-order valence-corrected chi connectivity index (χ0v) is 53.7. The molecule has 6 atom stereocenters. The first-order chi connectivity index (χ1) is 46.6. The van der Waals surface area contributed by atoms with Crippen LogP contribution < -0.4 is 0 Å². The van der Waals surface area contributed by atoms with Crippen molar-refractivity contribution in [3.8, 4) is 0 Å². The molecule has 0 saturated carbocycles. The van der Waals surface area contributed by atoms with Crippen LogP contribution in [-0.4, -0.2) is 270 Å². The van der Waals surface area contributed by atoms with Gasteiger partial charge in [0.05, 0.1) is 6.61 Å². The maximum absolute atomic E-state index is 12.8. The zero-order chi connectivity index (χ0) is 81.3. The van der Waals surface area contributed by atoms with E-state index in [4.69, 9.17) is 0 Å². The minimum absolute atomic E-state index is 0.0508.